The number of fused-ring (bicyclic) bond motifs is 1. The molecule has 1 N–H and O–H groups in total. The number of anilines is 1. The molecule has 29 heavy (non-hydrogen) atoms. The molecule has 0 unspecified atom stereocenters. The summed E-state index contributed by atoms with van der Waals surface area (Å²) < 4.78 is 6.12. The van der Waals surface area contributed by atoms with Crippen LogP contribution in [-0.2, 0) is 0 Å². The number of carbonyl (C=O) groups excluding carboxylic acids is 1. The average molecular weight is 489 g/mol. The van der Waals surface area contributed by atoms with Crippen LogP contribution >= 0.6 is 39.1 Å². The lowest BCUT2D eigenvalue weighted by Crippen LogP contribution is -2.12. The number of hydrogen-bond acceptors (Lipinski definition) is 3. The SMILES string of the molecule is O=C(Nc1ccc(-c2cc3ccccc3oc2=O)c(Cl)c1)c1cc(Br)ccc1Cl. The molecule has 4 aromatic rings. The van der Waals surface area contributed by atoms with Crippen LogP contribution in [0, 0.1) is 0 Å². The second-order valence-electron chi connectivity index (χ2n) is 6.26. The predicted molar refractivity (Wildman–Crippen MR) is 120 cm³/mol. The van der Waals surface area contributed by atoms with Crippen LogP contribution in [0.25, 0.3) is 22.1 Å². The molecular formula is C22H12BrCl2NO3. The average Bonchev–Trinajstić information content (AvgIpc) is 2.69. The summed E-state index contributed by atoms with van der Waals surface area (Å²) in [6, 6.07) is 18.9. The van der Waals surface area contributed by atoms with Gasteiger partial charge >= 0.3 is 5.63 Å². The van der Waals surface area contributed by atoms with Crippen molar-refractivity contribution in [3.05, 3.63) is 97.2 Å². The summed E-state index contributed by atoms with van der Waals surface area (Å²) >= 11 is 15.8. The smallest absolute Gasteiger partial charge is 0.344 e. The Morgan fingerprint density at radius 2 is 1.69 bits per heavy atom. The monoisotopic (exact) mass is 487 g/mol. The maximum Gasteiger partial charge on any atom is 0.344 e. The molecule has 0 bridgehead atoms. The third kappa shape index (κ3) is 4.08. The van der Waals surface area contributed by atoms with Crippen molar-refractivity contribution in [2.75, 3.05) is 5.32 Å². The zero-order valence-electron chi connectivity index (χ0n) is 14.7. The lowest BCUT2D eigenvalue weighted by molar-refractivity contribution is 0.102. The lowest BCUT2D eigenvalue weighted by atomic mass is 10.1. The highest BCUT2D eigenvalue weighted by molar-refractivity contribution is 9.10. The molecule has 1 aromatic heterocycles. The van der Waals surface area contributed by atoms with Crippen molar-refractivity contribution in [1.29, 1.82) is 0 Å². The van der Waals surface area contributed by atoms with Gasteiger partial charge < -0.3 is 9.73 Å². The fraction of sp³-hybridized carbons (Fsp3) is 0. The zero-order chi connectivity index (χ0) is 20.5. The van der Waals surface area contributed by atoms with Gasteiger partial charge in [-0.15, -0.1) is 0 Å². The Balaban J connectivity index is 1.67. The molecule has 0 spiro atoms. The van der Waals surface area contributed by atoms with E-state index in [0.717, 1.165) is 9.86 Å². The molecule has 0 aliphatic heterocycles. The molecule has 144 valence electrons. The molecule has 7 heteroatoms. The van der Waals surface area contributed by atoms with E-state index in [1.807, 2.05) is 12.1 Å². The first kappa shape index (κ1) is 19.7. The van der Waals surface area contributed by atoms with E-state index in [2.05, 4.69) is 21.2 Å². The van der Waals surface area contributed by atoms with Gasteiger partial charge in [0.15, 0.2) is 0 Å². The van der Waals surface area contributed by atoms with Crippen molar-refractivity contribution < 1.29 is 9.21 Å². The third-order valence-corrected chi connectivity index (χ3v) is 5.47. The maximum absolute atomic E-state index is 12.5. The van der Waals surface area contributed by atoms with E-state index in [0.29, 0.717) is 38.0 Å². The second-order valence-corrected chi connectivity index (χ2v) is 7.99. The molecule has 0 fully saturated rings. The Morgan fingerprint density at radius 3 is 2.48 bits per heavy atom. The molecule has 0 aliphatic rings. The second kappa shape index (κ2) is 8.03. The highest BCUT2D eigenvalue weighted by Gasteiger charge is 2.14. The molecule has 0 saturated heterocycles. The summed E-state index contributed by atoms with van der Waals surface area (Å²) in [7, 11) is 0. The number of carbonyl (C=O) groups is 1. The van der Waals surface area contributed by atoms with Crippen LogP contribution in [0.1, 0.15) is 10.4 Å². The van der Waals surface area contributed by atoms with Gasteiger partial charge in [0.25, 0.3) is 5.91 Å². The topological polar surface area (TPSA) is 59.3 Å². The van der Waals surface area contributed by atoms with Gasteiger partial charge in [-0.2, -0.15) is 0 Å². The van der Waals surface area contributed by atoms with Gasteiger partial charge in [0.05, 0.1) is 21.2 Å². The fourth-order valence-corrected chi connectivity index (χ4v) is 3.78. The van der Waals surface area contributed by atoms with Gasteiger partial charge in [-0.05, 0) is 42.5 Å². The van der Waals surface area contributed by atoms with E-state index in [4.69, 9.17) is 27.6 Å². The summed E-state index contributed by atoms with van der Waals surface area (Å²) in [4.78, 5) is 24.9. The van der Waals surface area contributed by atoms with E-state index in [-0.39, 0.29) is 5.91 Å². The van der Waals surface area contributed by atoms with E-state index in [1.165, 1.54) is 0 Å². The summed E-state index contributed by atoms with van der Waals surface area (Å²) in [6.07, 6.45) is 0. The van der Waals surface area contributed by atoms with E-state index >= 15 is 0 Å². The Labute approximate surface area is 184 Å². The summed E-state index contributed by atoms with van der Waals surface area (Å²) in [5, 5.41) is 4.20. The van der Waals surface area contributed by atoms with Crippen molar-refractivity contribution in [2.24, 2.45) is 0 Å². The van der Waals surface area contributed by atoms with Gasteiger partial charge in [-0.3, -0.25) is 4.79 Å². The number of rotatable bonds is 3. The van der Waals surface area contributed by atoms with Gasteiger partial charge in [0, 0.05) is 21.1 Å². The van der Waals surface area contributed by atoms with Gasteiger partial charge in [-0.25, -0.2) is 4.79 Å². The van der Waals surface area contributed by atoms with Crippen molar-refractivity contribution >= 4 is 61.7 Å². The highest BCUT2D eigenvalue weighted by atomic mass is 79.9. The lowest BCUT2D eigenvalue weighted by Gasteiger charge is -2.10. The first-order valence-corrected chi connectivity index (χ1v) is 10.1. The van der Waals surface area contributed by atoms with E-state index < -0.39 is 5.63 Å². The van der Waals surface area contributed by atoms with Gasteiger partial charge in [0.2, 0.25) is 0 Å². The summed E-state index contributed by atoms with van der Waals surface area (Å²) in [6.45, 7) is 0. The minimum Gasteiger partial charge on any atom is -0.422 e. The van der Waals surface area contributed by atoms with Gasteiger partial charge in [-0.1, -0.05) is 63.4 Å². The van der Waals surface area contributed by atoms with Crippen molar-refractivity contribution in [3.63, 3.8) is 0 Å². The van der Waals surface area contributed by atoms with Crippen LogP contribution < -0.4 is 10.9 Å². The third-order valence-electron chi connectivity index (χ3n) is 4.33. The number of benzene rings is 3. The molecule has 1 heterocycles. The largest absolute Gasteiger partial charge is 0.422 e. The van der Waals surface area contributed by atoms with Crippen LogP contribution in [0.15, 0.2) is 80.4 Å². The summed E-state index contributed by atoms with van der Waals surface area (Å²) in [5.41, 5.74) is 1.70. The minimum atomic E-state index is -0.483. The standard InChI is InChI=1S/C22H12BrCl2NO3/c23-13-5-8-18(24)17(10-13)21(27)26-14-6-7-15(19(25)11-14)16-9-12-3-1-2-4-20(12)29-22(16)28/h1-11H,(H,26,27). The molecule has 1 amide bonds. The van der Waals surface area contributed by atoms with Crippen molar-refractivity contribution in [2.45, 2.75) is 0 Å². The molecule has 0 saturated carbocycles. The first-order chi connectivity index (χ1) is 13.9. The molecule has 0 aliphatic carbocycles. The quantitative estimate of drug-likeness (QED) is 0.323. The molecular weight excluding hydrogens is 477 g/mol. The normalized spacial score (nSPS) is 10.9. The zero-order valence-corrected chi connectivity index (χ0v) is 17.8. The Hall–Kier alpha value is -2.60. The van der Waals surface area contributed by atoms with Crippen LogP contribution in [0.2, 0.25) is 10.0 Å². The van der Waals surface area contributed by atoms with Crippen molar-refractivity contribution in [1.82, 2.24) is 0 Å². The predicted octanol–water partition coefficient (Wildman–Crippen LogP) is 6.78. The number of amides is 1. The van der Waals surface area contributed by atoms with Crippen LogP contribution in [-0.4, -0.2) is 5.91 Å². The molecule has 0 atom stereocenters. The Kier molecular flexibility index (Phi) is 5.46. The Bertz CT molecular complexity index is 1320. The maximum atomic E-state index is 12.5. The highest BCUT2D eigenvalue weighted by Crippen LogP contribution is 2.31. The first-order valence-electron chi connectivity index (χ1n) is 8.51. The molecule has 0 radical (unpaired) electrons. The number of hydrogen-bond donors (Lipinski definition) is 1. The number of halogens is 3. The van der Waals surface area contributed by atoms with Crippen molar-refractivity contribution in [3.8, 4) is 11.1 Å². The minimum absolute atomic E-state index is 0.311. The van der Waals surface area contributed by atoms with Crippen LogP contribution in [0.3, 0.4) is 0 Å². The van der Waals surface area contributed by atoms with E-state index in [9.17, 15) is 9.59 Å². The van der Waals surface area contributed by atoms with Gasteiger partial charge in [0.1, 0.15) is 5.58 Å². The van der Waals surface area contributed by atoms with Crippen LogP contribution in [0.5, 0.6) is 0 Å². The van der Waals surface area contributed by atoms with Crippen LogP contribution in [0.4, 0.5) is 5.69 Å². The molecule has 4 nitrogen and oxygen atoms in total. The molecule has 4 rings (SSSR count). The Morgan fingerprint density at radius 1 is 0.897 bits per heavy atom. The fourth-order valence-electron chi connectivity index (χ4n) is 2.93. The number of nitrogens with one attached hydrogen (secondary N) is 1. The molecule has 3 aromatic carbocycles. The summed E-state index contributed by atoms with van der Waals surface area (Å²) in [5.74, 6) is -0.370. The van der Waals surface area contributed by atoms with E-state index in [1.54, 1.807) is 54.6 Å². The number of para-hydroxylation sites is 1.